The predicted octanol–water partition coefficient (Wildman–Crippen LogP) is 12.1. The maximum atomic E-state index is 6.60. The fourth-order valence-corrected chi connectivity index (χ4v) is 7.30. The molecule has 0 fully saturated rings. The van der Waals surface area contributed by atoms with E-state index >= 15 is 0 Å². The summed E-state index contributed by atoms with van der Waals surface area (Å²) in [7, 11) is 0. The fraction of sp³-hybridized carbons (Fsp3) is 0.0566. The van der Waals surface area contributed by atoms with Crippen molar-refractivity contribution >= 4 is 16.5 Å². The van der Waals surface area contributed by atoms with Crippen LogP contribution in [-0.4, -0.2) is 20.7 Å². The summed E-state index contributed by atoms with van der Waals surface area (Å²) < 4.78 is 0. The van der Waals surface area contributed by atoms with E-state index in [4.69, 9.17) is 25.7 Å². The van der Waals surface area contributed by atoms with Crippen molar-refractivity contribution in [1.82, 2.24) is 20.3 Å². The average molecular weight is 763 g/mol. The molecule has 0 spiro atoms. The second kappa shape index (κ2) is 17.0. The van der Waals surface area contributed by atoms with Crippen molar-refractivity contribution in [2.45, 2.75) is 19.3 Å². The molecule has 3 N–H and O–H groups in total. The van der Waals surface area contributed by atoms with Gasteiger partial charge in [0.25, 0.3) is 0 Å². The summed E-state index contributed by atoms with van der Waals surface area (Å²) in [4.78, 5) is 19.8. The van der Waals surface area contributed by atoms with Crippen LogP contribution in [0.3, 0.4) is 0 Å². The van der Waals surface area contributed by atoms with Crippen molar-refractivity contribution in [3.05, 3.63) is 223 Å². The molecule has 2 atom stereocenters. The smallest absolute Gasteiger partial charge is 0.164 e. The maximum absolute atomic E-state index is 6.60. The first kappa shape index (κ1) is 37.2. The molecule has 284 valence electrons. The molecule has 0 saturated carbocycles. The molecule has 8 aromatic carbocycles. The highest BCUT2D eigenvalue weighted by atomic mass is 15.1. The van der Waals surface area contributed by atoms with Crippen LogP contribution < -0.4 is 11.1 Å². The molecule has 0 saturated heterocycles. The van der Waals surface area contributed by atoms with Crippen LogP contribution in [0, 0.1) is 0 Å². The highest BCUT2D eigenvalue weighted by molar-refractivity contribution is 5.99. The topological polar surface area (TPSA) is 89.1 Å². The lowest BCUT2D eigenvalue weighted by molar-refractivity contribution is 0.466. The summed E-state index contributed by atoms with van der Waals surface area (Å²) in [5.41, 5.74) is 18.0. The molecule has 6 nitrogen and oxygen atoms in total. The number of aromatic nitrogens is 3. The molecule has 6 heteroatoms. The van der Waals surface area contributed by atoms with Crippen molar-refractivity contribution in [1.29, 1.82) is 0 Å². The molecule has 0 aliphatic carbocycles. The van der Waals surface area contributed by atoms with E-state index in [1.165, 1.54) is 10.8 Å². The van der Waals surface area contributed by atoms with E-state index in [1.54, 1.807) is 0 Å². The van der Waals surface area contributed by atoms with E-state index in [1.807, 2.05) is 109 Å². The maximum Gasteiger partial charge on any atom is 0.164 e. The monoisotopic (exact) mass is 762 g/mol. The minimum atomic E-state index is -0.364. The second-order valence-electron chi connectivity index (χ2n) is 14.6. The fourth-order valence-electron chi connectivity index (χ4n) is 7.30. The number of hydrogen-bond acceptors (Lipinski definition) is 6. The molecule has 0 amide bonds. The van der Waals surface area contributed by atoms with Crippen LogP contribution in [0.5, 0.6) is 0 Å². The van der Waals surface area contributed by atoms with E-state index in [0.717, 1.165) is 61.3 Å². The Morgan fingerprint density at radius 3 is 1.31 bits per heavy atom. The zero-order valence-corrected chi connectivity index (χ0v) is 32.7. The quantitative estimate of drug-likeness (QED) is 0.101. The Balaban J connectivity index is 0.957. The van der Waals surface area contributed by atoms with Gasteiger partial charge < -0.3 is 5.73 Å². The van der Waals surface area contributed by atoms with E-state index < -0.39 is 0 Å². The number of rotatable bonds is 11. The second-order valence-corrected chi connectivity index (χ2v) is 14.6. The third-order valence-corrected chi connectivity index (χ3v) is 10.6. The molecule has 59 heavy (non-hydrogen) atoms. The molecule has 1 heterocycles. The van der Waals surface area contributed by atoms with Crippen molar-refractivity contribution in [2.24, 2.45) is 10.7 Å². The summed E-state index contributed by atoms with van der Waals surface area (Å²) in [6.07, 6.45) is -0.668. The van der Waals surface area contributed by atoms with Crippen LogP contribution in [0.25, 0.3) is 67.2 Å². The van der Waals surface area contributed by atoms with Crippen LogP contribution in [0.4, 0.5) is 0 Å². The third-order valence-electron chi connectivity index (χ3n) is 10.6. The number of fused-ring (bicyclic) bond motifs is 1. The largest absolute Gasteiger partial charge is 0.312 e. The molecule has 0 bridgehead atoms. The van der Waals surface area contributed by atoms with Gasteiger partial charge >= 0.3 is 0 Å². The van der Waals surface area contributed by atoms with Gasteiger partial charge in [0.05, 0.1) is 6.17 Å². The van der Waals surface area contributed by atoms with E-state index in [2.05, 4.69) is 109 Å². The van der Waals surface area contributed by atoms with Gasteiger partial charge in [-0.05, 0) is 68.8 Å². The Morgan fingerprint density at radius 2 is 0.814 bits per heavy atom. The SMILES string of the molecule is CC(=NC(NC(N)c1ccccc1)c1ccccc1)c1ccc(-c2ccc3ccc(-c4ccc(-c5nc(-c6ccccc6)nc(-c6ccccc6)n5)cc4)cc3c2)cc1. The zero-order chi connectivity index (χ0) is 40.0. The number of nitrogens with two attached hydrogens (primary N) is 1. The Labute approximate surface area is 344 Å². The molecule has 9 rings (SSSR count). The number of benzene rings is 8. The van der Waals surface area contributed by atoms with Gasteiger partial charge in [-0.25, -0.2) is 15.0 Å². The molecule has 0 aliphatic heterocycles. The van der Waals surface area contributed by atoms with Gasteiger partial charge in [-0.1, -0.05) is 194 Å². The van der Waals surface area contributed by atoms with Crippen LogP contribution in [-0.2, 0) is 0 Å². The van der Waals surface area contributed by atoms with Gasteiger partial charge in [0.15, 0.2) is 17.5 Å². The Bertz CT molecular complexity index is 2790. The lowest BCUT2D eigenvalue weighted by Crippen LogP contribution is -2.32. The number of hydrogen-bond donors (Lipinski definition) is 2. The zero-order valence-electron chi connectivity index (χ0n) is 32.7. The molecule has 0 aliphatic rings. The van der Waals surface area contributed by atoms with Crippen molar-refractivity contribution in [2.75, 3.05) is 0 Å². The predicted molar refractivity (Wildman–Crippen MR) is 242 cm³/mol. The number of aliphatic imine (C=N–C) groups is 1. The highest BCUT2D eigenvalue weighted by Gasteiger charge is 2.16. The Kier molecular flexibility index (Phi) is 10.7. The van der Waals surface area contributed by atoms with Gasteiger partial charge in [-0.2, -0.15) is 0 Å². The third kappa shape index (κ3) is 8.50. The minimum Gasteiger partial charge on any atom is -0.312 e. The molecule has 1 aromatic heterocycles. The van der Waals surface area contributed by atoms with Crippen LogP contribution in [0.15, 0.2) is 211 Å². The van der Waals surface area contributed by atoms with Gasteiger partial charge in [0, 0.05) is 22.4 Å². The Hall–Kier alpha value is -7.38. The normalized spacial score (nSPS) is 12.6. The van der Waals surface area contributed by atoms with Gasteiger partial charge in [0.2, 0.25) is 0 Å². The average Bonchev–Trinajstić information content (AvgIpc) is 3.32. The molecular formula is C53H42N6. The van der Waals surface area contributed by atoms with E-state index in [-0.39, 0.29) is 12.3 Å². The van der Waals surface area contributed by atoms with Gasteiger partial charge in [-0.3, -0.25) is 10.3 Å². The first-order valence-corrected chi connectivity index (χ1v) is 19.8. The molecule has 0 radical (unpaired) electrons. The standard InChI is InChI=1S/C53H42N6/c1-36(55-50(42-16-8-3-9-17-42)56-49(54)41-14-6-2-7-15-41)37-22-24-38(25-23-37)46-32-28-40-29-33-47(35-48(40)34-46)39-26-30-45(31-27-39)53-58-51(43-18-10-4-11-19-43)57-52(59-53)44-20-12-5-13-21-44/h2-35,49-50,56H,54H2,1H3. The van der Waals surface area contributed by atoms with Crippen LogP contribution in [0.1, 0.15) is 35.9 Å². The lowest BCUT2D eigenvalue weighted by Gasteiger charge is -2.22. The van der Waals surface area contributed by atoms with E-state index in [0.29, 0.717) is 17.5 Å². The lowest BCUT2D eigenvalue weighted by atomic mass is 9.96. The molecular weight excluding hydrogens is 721 g/mol. The Morgan fingerprint density at radius 1 is 0.424 bits per heavy atom. The van der Waals surface area contributed by atoms with Crippen molar-refractivity contribution in [3.63, 3.8) is 0 Å². The minimum absolute atomic E-state index is 0.305. The number of nitrogens with one attached hydrogen (secondary N) is 1. The summed E-state index contributed by atoms with van der Waals surface area (Å²) in [6, 6.07) is 70.8. The summed E-state index contributed by atoms with van der Waals surface area (Å²) >= 11 is 0. The van der Waals surface area contributed by atoms with Crippen LogP contribution >= 0.6 is 0 Å². The first-order chi connectivity index (χ1) is 29.0. The first-order valence-electron chi connectivity index (χ1n) is 19.8. The number of nitrogens with zero attached hydrogens (tertiary/aromatic N) is 4. The van der Waals surface area contributed by atoms with Crippen molar-refractivity contribution < 1.29 is 0 Å². The van der Waals surface area contributed by atoms with Gasteiger partial charge in [0.1, 0.15) is 6.17 Å². The summed E-state index contributed by atoms with van der Waals surface area (Å²) in [6.45, 7) is 2.05. The summed E-state index contributed by atoms with van der Waals surface area (Å²) in [5.74, 6) is 1.94. The molecule has 9 aromatic rings. The van der Waals surface area contributed by atoms with Crippen molar-refractivity contribution in [3.8, 4) is 56.4 Å². The summed E-state index contributed by atoms with van der Waals surface area (Å²) in [5, 5.41) is 5.89. The van der Waals surface area contributed by atoms with Crippen LogP contribution in [0.2, 0.25) is 0 Å². The molecule has 2 unspecified atom stereocenters. The van der Waals surface area contributed by atoms with E-state index in [9.17, 15) is 0 Å². The van der Waals surface area contributed by atoms with Gasteiger partial charge in [-0.15, -0.1) is 0 Å². The highest BCUT2D eigenvalue weighted by Crippen LogP contribution is 2.31.